The van der Waals surface area contributed by atoms with Gasteiger partial charge < -0.3 is 24.5 Å². The first-order chi connectivity index (χ1) is 21.7. The number of nitrogens with zero attached hydrogens (tertiary/aromatic N) is 6. The lowest BCUT2D eigenvalue weighted by atomic mass is 9.80. The summed E-state index contributed by atoms with van der Waals surface area (Å²) in [5, 5.41) is 0. The number of hydrogen-bond acceptors (Lipinski definition) is 6. The number of likely N-dealkylation sites (tertiary alicyclic amines) is 1. The number of fused-ring (bicyclic) bond motifs is 3. The monoisotopic (exact) mass is 624 g/mol. The summed E-state index contributed by atoms with van der Waals surface area (Å²) in [6.45, 7) is 4.62. The van der Waals surface area contributed by atoms with Crippen molar-refractivity contribution in [1.82, 2.24) is 29.4 Å². The van der Waals surface area contributed by atoms with Crippen LogP contribution in [0.3, 0.4) is 0 Å². The molecule has 5 aliphatic heterocycles. The molecule has 0 aromatic heterocycles. The van der Waals surface area contributed by atoms with Crippen LogP contribution in [0.15, 0.2) is 30.3 Å². The maximum atomic E-state index is 14.6. The number of amides is 5. The van der Waals surface area contributed by atoms with Crippen LogP contribution in [0.4, 0.5) is 4.39 Å². The predicted molar refractivity (Wildman–Crippen MR) is 163 cm³/mol. The zero-order valence-electron chi connectivity index (χ0n) is 26.0. The quantitative estimate of drug-likeness (QED) is 0.468. The van der Waals surface area contributed by atoms with E-state index < -0.39 is 18.1 Å². The van der Waals surface area contributed by atoms with Gasteiger partial charge in [-0.15, -0.1) is 0 Å². The maximum absolute atomic E-state index is 14.6. The van der Waals surface area contributed by atoms with E-state index in [-0.39, 0.29) is 74.5 Å². The van der Waals surface area contributed by atoms with E-state index in [4.69, 9.17) is 0 Å². The van der Waals surface area contributed by atoms with Gasteiger partial charge in [0, 0.05) is 78.2 Å². The smallest absolute Gasteiger partial charge is 0.245 e. The van der Waals surface area contributed by atoms with E-state index in [1.54, 1.807) is 9.80 Å². The summed E-state index contributed by atoms with van der Waals surface area (Å²) in [4.78, 5) is 77.8. The standard InChI is InChI=1S/C33H45FN6O5/c34-27-18-28-33(45)38-11-8-25(16-29(41)36-9-4-5-10-36)26(20-38)17-30(42)39(23-32(44)40(28)21-27)22-31(43)37-14-12-35(13-15-37)19-24-6-2-1-3-7-24/h1-3,6-7,25-28H,4-5,8-23H2/t25-,26-,27-,28-/m0/s1. The first-order valence-electron chi connectivity index (χ1n) is 16.6. The Balaban J connectivity index is 1.15. The second-order valence-corrected chi connectivity index (χ2v) is 13.4. The molecule has 0 spiro atoms. The van der Waals surface area contributed by atoms with Crippen molar-refractivity contribution < 1.29 is 28.4 Å². The van der Waals surface area contributed by atoms with Crippen molar-refractivity contribution in [1.29, 1.82) is 0 Å². The van der Waals surface area contributed by atoms with Gasteiger partial charge in [0.1, 0.15) is 25.3 Å². The average molecular weight is 625 g/mol. The highest BCUT2D eigenvalue weighted by Gasteiger charge is 2.45. The van der Waals surface area contributed by atoms with Gasteiger partial charge in [-0.2, -0.15) is 0 Å². The highest BCUT2D eigenvalue weighted by molar-refractivity contribution is 5.93. The van der Waals surface area contributed by atoms with Gasteiger partial charge in [0.2, 0.25) is 29.5 Å². The molecular formula is C33H45FN6O5. The topological polar surface area (TPSA) is 105 Å². The summed E-state index contributed by atoms with van der Waals surface area (Å²) in [5.74, 6) is -1.67. The SMILES string of the molecule is O=C(C[C@@H]1CCN2C[C@@H]1CC(=O)N(CC(=O)N1CCN(Cc3ccccc3)CC1)CC(=O)N1C[C@@H](F)C[C@H]1C2=O)N1CCCC1. The van der Waals surface area contributed by atoms with Crippen molar-refractivity contribution in [3.8, 4) is 0 Å². The second-order valence-electron chi connectivity index (χ2n) is 13.4. The Hall–Kier alpha value is -3.54. The molecule has 2 bridgehead atoms. The lowest BCUT2D eigenvalue weighted by molar-refractivity contribution is -0.148. The Labute approximate surface area is 264 Å². The third-order valence-electron chi connectivity index (χ3n) is 10.4. The third kappa shape index (κ3) is 7.31. The highest BCUT2D eigenvalue weighted by Crippen LogP contribution is 2.33. The highest BCUT2D eigenvalue weighted by atomic mass is 19.1. The number of benzene rings is 1. The van der Waals surface area contributed by atoms with E-state index in [9.17, 15) is 28.4 Å². The number of piperidine rings is 1. The molecule has 6 rings (SSSR count). The minimum atomic E-state index is -1.32. The molecule has 5 amide bonds. The molecule has 5 aliphatic rings. The zero-order valence-corrected chi connectivity index (χ0v) is 26.0. The first-order valence-corrected chi connectivity index (χ1v) is 16.6. The van der Waals surface area contributed by atoms with Crippen LogP contribution in [0.1, 0.15) is 44.1 Å². The van der Waals surface area contributed by atoms with E-state index in [0.717, 1.165) is 32.5 Å². The van der Waals surface area contributed by atoms with Crippen LogP contribution in [-0.2, 0) is 30.5 Å². The summed E-state index contributed by atoms with van der Waals surface area (Å²) in [7, 11) is 0. The van der Waals surface area contributed by atoms with E-state index in [2.05, 4.69) is 17.0 Å². The van der Waals surface area contributed by atoms with E-state index in [0.29, 0.717) is 45.6 Å². The lowest BCUT2D eigenvalue weighted by Crippen LogP contribution is -2.53. The zero-order chi connectivity index (χ0) is 31.5. The van der Waals surface area contributed by atoms with Crippen molar-refractivity contribution in [2.24, 2.45) is 11.8 Å². The number of carbonyl (C=O) groups is 5. The molecule has 0 aliphatic carbocycles. The normalized spacial score (nSPS) is 28.4. The van der Waals surface area contributed by atoms with Crippen LogP contribution in [0, 0.1) is 11.8 Å². The molecule has 0 N–H and O–H groups in total. The van der Waals surface area contributed by atoms with Gasteiger partial charge in [-0.3, -0.25) is 28.9 Å². The Morgan fingerprint density at radius 1 is 0.822 bits per heavy atom. The Morgan fingerprint density at radius 2 is 1.53 bits per heavy atom. The van der Waals surface area contributed by atoms with Crippen LogP contribution < -0.4 is 0 Å². The van der Waals surface area contributed by atoms with Crippen molar-refractivity contribution in [3.63, 3.8) is 0 Å². The number of rotatable bonds is 6. The number of halogens is 1. The largest absolute Gasteiger partial charge is 0.343 e. The molecule has 4 atom stereocenters. The molecule has 0 radical (unpaired) electrons. The number of hydrogen-bond donors (Lipinski definition) is 0. The maximum Gasteiger partial charge on any atom is 0.245 e. The van der Waals surface area contributed by atoms with Gasteiger partial charge in [0.25, 0.3) is 0 Å². The minimum Gasteiger partial charge on any atom is -0.343 e. The van der Waals surface area contributed by atoms with Crippen molar-refractivity contribution in [2.75, 3.05) is 72.0 Å². The summed E-state index contributed by atoms with van der Waals surface area (Å²) in [5.41, 5.74) is 1.21. The van der Waals surface area contributed by atoms with Crippen LogP contribution in [-0.4, -0.2) is 143 Å². The molecule has 1 aromatic carbocycles. The first kappa shape index (κ1) is 31.4. The molecule has 0 saturated carbocycles. The molecule has 5 heterocycles. The molecule has 0 unspecified atom stereocenters. The second kappa shape index (κ2) is 13.8. The predicted octanol–water partition coefficient (Wildman–Crippen LogP) is 0.979. The van der Waals surface area contributed by atoms with Gasteiger partial charge in [0.15, 0.2) is 0 Å². The van der Waals surface area contributed by atoms with Gasteiger partial charge in [0.05, 0.1) is 6.54 Å². The lowest BCUT2D eigenvalue weighted by Gasteiger charge is -2.40. The summed E-state index contributed by atoms with van der Waals surface area (Å²) < 4.78 is 14.6. The molecule has 244 valence electrons. The third-order valence-corrected chi connectivity index (χ3v) is 10.4. The van der Waals surface area contributed by atoms with Crippen LogP contribution in [0.5, 0.6) is 0 Å². The van der Waals surface area contributed by atoms with Crippen molar-refractivity contribution >= 4 is 29.5 Å². The Morgan fingerprint density at radius 3 is 2.27 bits per heavy atom. The summed E-state index contributed by atoms with van der Waals surface area (Å²) >= 11 is 0. The number of alkyl halides is 1. The Bertz CT molecular complexity index is 1270. The van der Waals surface area contributed by atoms with Crippen molar-refractivity contribution in [2.45, 2.75) is 57.3 Å². The number of carbonyl (C=O) groups excluding carboxylic acids is 5. The van der Waals surface area contributed by atoms with E-state index in [1.807, 2.05) is 23.1 Å². The molecule has 5 fully saturated rings. The molecule has 11 nitrogen and oxygen atoms in total. The Kier molecular flexibility index (Phi) is 9.67. The van der Waals surface area contributed by atoms with Crippen LogP contribution in [0.25, 0.3) is 0 Å². The fraction of sp³-hybridized carbons (Fsp3) is 0.667. The fourth-order valence-corrected chi connectivity index (χ4v) is 7.71. The van der Waals surface area contributed by atoms with Crippen molar-refractivity contribution in [3.05, 3.63) is 35.9 Å². The van der Waals surface area contributed by atoms with Gasteiger partial charge in [-0.25, -0.2) is 4.39 Å². The fourth-order valence-electron chi connectivity index (χ4n) is 7.71. The van der Waals surface area contributed by atoms with Crippen LogP contribution in [0.2, 0.25) is 0 Å². The summed E-state index contributed by atoms with van der Waals surface area (Å²) in [6.07, 6.45) is 1.52. The number of piperazine rings is 1. The van der Waals surface area contributed by atoms with Gasteiger partial charge in [-0.1, -0.05) is 30.3 Å². The molecule has 45 heavy (non-hydrogen) atoms. The summed E-state index contributed by atoms with van der Waals surface area (Å²) in [6, 6.07) is 9.25. The molecule has 1 aromatic rings. The average Bonchev–Trinajstić information content (AvgIpc) is 3.72. The van der Waals surface area contributed by atoms with Crippen LogP contribution >= 0.6 is 0 Å². The van der Waals surface area contributed by atoms with Gasteiger partial charge in [-0.05, 0) is 36.7 Å². The minimum absolute atomic E-state index is 0.0452. The van der Waals surface area contributed by atoms with Gasteiger partial charge >= 0.3 is 0 Å². The molecule has 12 heteroatoms. The molecule has 5 saturated heterocycles. The van der Waals surface area contributed by atoms with E-state index >= 15 is 0 Å². The molecular weight excluding hydrogens is 579 g/mol. The van der Waals surface area contributed by atoms with E-state index in [1.165, 1.54) is 15.4 Å².